The van der Waals surface area contributed by atoms with Crippen molar-refractivity contribution in [1.29, 1.82) is 0 Å². The molecule has 3 nitrogen and oxygen atoms in total. The lowest BCUT2D eigenvalue weighted by Gasteiger charge is -2.07. The zero-order valence-corrected chi connectivity index (χ0v) is 8.17. The molecule has 1 aromatic carbocycles. The topological polar surface area (TPSA) is 44.5 Å². The summed E-state index contributed by atoms with van der Waals surface area (Å²) in [6.07, 6.45) is 0. The van der Waals surface area contributed by atoms with Crippen molar-refractivity contribution in [3.8, 4) is 11.5 Å². The molecule has 4 heteroatoms. The zero-order valence-electron chi connectivity index (χ0n) is 7.42. The van der Waals surface area contributed by atoms with E-state index in [4.69, 9.17) is 26.8 Å². The smallest absolute Gasteiger partial charge is 0.138 e. The predicted octanol–water partition coefficient (Wildman–Crippen LogP) is 1.69. The van der Waals surface area contributed by atoms with Gasteiger partial charge in [0.15, 0.2) is 0 Å². The van der Waals surface area contributed by atoms with E-state index >= 15 is 0 Å². The van der Waals surface area contributed by atoms with Crippen molar-refractivity contribution in [3.05, 3.63) is 23.2 Å². The Morgan fingerprint density at radius 2 is 2.23 bits per heavy atom. The molecule has 0 heterocycles. The van der Waals surface area contributed by atoms with Crippen molar-refractivity contribution in [2.24, 2.45) is 5.73 Å². The molecule has 13 heavy (non-hydrogen) atoms. The average molecular weight is 202 g/mol. The highest BCUT2D eigenvalue weighted by molar-refractivity contribution is 6.32. The Morgan fingerprint density at radius 1 is 1.46 bits per heavy atom. The summed E-state index contributed by atoms with van der Waals surface area (Å²) in [5.74, 6) is 1.35. The molecule has 1 aromatic rings. The Bertz CT molecular complexity index is 278. The van der Waals surface area contributed by atoms with E-state index in [1.54, 1.807) is 25.3 Å². The van der Waals surface area contributed by atoms with Gasteiger partial charge in [0, 0.05) is 12.6 Å². The van der Waals surface area contributed by atoms with Crippen molar-refractivity contribution in [2.45, 2.75) is 0 Å². The van der Waals surface area contributed by atoms with Crippen LogP contribution in [0.1, 0.15) is 0 Å². The van der Waals surface area contributed by atoms with Crippen molar-refractivity contribution in [1.82, 2.24) is 0 Å². The van der Waals surface area contributed by atoms with Gasteiger partial charge >= 0.3 is 0 Å². The third-order valence-corrected chi connectivity index (χ3v) is 1.81. The zero-order chi connectivity index (χ0) is 9.68. The van der Waals surface area contributed by atoms with Gasteiger partial charge in [-0.3, -0.25) is 0 Å². The van der Waals surface area contributed by atoms with E-state index in [-0.39, 0.29) is 0 Å². The van der Waals surface area contributed by atoms with Crippen LogP contribution in [0.25, 0.3) is 0 Å². The van der Waals surface area contributed by atoms with Gasteiger partial charge in [0.1, 0.15) is 18.1 Å². The van der Waals surface area contributed by atoms with Gasteiger partial charge in [0.05, 0.1) is 12.1 Å². The lowest BCUT2D eigenvalue weighted by molar-refractivity contribution is 0.327. The van der Waals surface area contributed by atoms with Crippen molar-refractivity contribution in [2.75, 3.05) is 20.3 Å². The molecule has 0 atom stereocenters. The van der Waals surface area contributed by atoms with Gasteiger partial charge in [-0.15, -0.1) is 0 Å². The molecule has 72 valence electrons. The van der Waals surface area contributed by atoms with E-state index in [2.05, 4.69) is 0 Å². The monoisotopic (exact) mass is 201 g/mol. The van der Waals surface area contributed by atoms with E-state index in [0.29, 0.717) is 29.7 Å². The molecule has 0 fully saturated rings. The van der Waals surface area contributed by atoms with E-state index in [9.17, 15) is 0 Å². The predicted molar refractivity (Wildman–Crippen MR) is 52.6 cm³/mol. The number of halogens is 1. The quantitative estimate of drug-likeness (QED) is 0.806. The van der Waals surface area contributed by atoms with Crippen LogP contribution in [-0.2, 0) is 0 Å². The van der Waals surface area contributed by atoms with E-state index < -0.39 is 0 Å². The molecule has 0 radical (unpaired) electrons. The lowest BCUT2D eigenvalue weighted by atomic mass is 10.3. The normalized spacial score (nSPS) is 9.77. The number of ether oxygens (including phenoxy) is 2. The van der Waals surface area contributed by atoms with Crippen molar-refractivity contribution in [3.63, 3.8) is 0 Å². The number of hydrogen-bond donors (Lipinski definition) is 1. The van der Waals surface area contributed by atoms with Crippen LogP contribution in [0.4, 0.5) is 0 Å². The molecule has 0 spiro atoms. The Labute approximate surface area is 82.4 Å². The van der Waals surface area contributed by atoms with E-state index in [1.165, 1.54) is 0 Å². The minimum Gasteiger partial charge on any atom is -0.497 e. The third-order valence-electron chi connectivity index (χ3n) is 1.51. The molecule has 0 unspecified atom stereocenters. The summed E-state index contributed by atoms with van der Waals surface area (Å²) < 4.78 is 10.3. The Balaban J connectivity index is 2.73. The maximum Gasteiger partial charge on any atom is 0.138 e. The van der Waals surface area contributed by atoms with E-state index in [0.717, 1.165) is 0 Å². The molecule has 0 saturated carbocycles. The number of hydrogen-bond acceptors (Lipinski definition) is 3. The first-order valence-electron chi connectivity index (χ1n) is 3.94. The van der Waals surface area contributed by atoms with Gasteiger partial charge in [-0.1, -0.05) is 11.6 Å². The first kappa shape index (κ1) is 10.2. The molecule has 0 bridgehead atoms. The summed E-state index contributed by atoms with van der Waals surface area (Å²) in [7, 11) is 1.59. The number of benzene rings is 1. The SMILES string of the molecule is COc1ccc(OCCN)c(Cl)c1. The Hall–Kier alpha value is -0.930. The van der Waals surface area contributed by atoms with E-state index in [1.807, 2.05) is 0 Å². The average Bonchev–Trinajstić information content (AvgIpc) is 2.16. The first-order valence-corrected chi connectivity index (χ1v) is 4.32. The molecule has 0 amide bonds. The summed E-state index contributed by atoms with van der Waals surface area (Å²) in [6.45, 7) is 0.939. The molecule has 0 aliphatic heterocycles. The molecule has 1 rings (SSSR count). The van der Waals surface area contributed by atoms with Crippen molar-refractivity contribution < 1.29 is 9.47 Å². The van der Waals surface area contributed by atoms with Crippen molar-refractivity contribution >= 4 is 11.6 Å². The highest BCUT2D eigenvalue weighted by Crippen LogP contribution is 2.28. The van der Waals surface area contributed by atoms with Crippen LogP contribution in [0.15, 0.2) is 18.2 Å². The second kappa shape index (κ2) is 4.94. The molecule has 0 aliphatic carbocycles. The maximum absolute atomic E-state index is 5.90. The van der Waals surface area contributed by atoms with Crippen LogP contribution in [0.3, 0.4) is 0 Å². The Morgan fingerprint density at radius 3 is 2.77 bits per heavy atom. The molecule has 0 saturated heterocycles. The molecule has 0 aliphatic rings. The second-order valence-electron chi connectivity index (χ2n) is 2.43. The van der Waals surface area contributed by atoms with Gasteiger partial charge in [0.2, 0.25) is 0 Å². The van der Waals surface area contributed by atoms with Crippen LogP contribution in [-0.4, -0.2) is 20.3 Å². The van der Waals surface area contributed by atoms with Crippen LogP contribution in [0.2, 0.25) is 5.02 Å². The maximum atomic E-state index is 5.90. The number of methoxy groups -OCH3 is 1. The van der Waals surface area contributed by atoms with Gasteiger partial charge < -0.3 is 15.2 Å². The highest BCUT2D eigenvalue weighted by Gasteiger charge is 2.02. The minimum absolute atomic E-state index is 0.464. The fraction of sp³-hybridized carbons (Fsp3) is 0.333. The third kappa shape index (κ3) is 2.79. The summed E-state index contributed by atoms with van der Waals surface area (Å²) >= 11 is 5.90. The van der Waals surface area contributed by atoms with Gasteiger partial charge in [-0.25, -0.2) is 0 Å². The highest BCUT2D eigenvalue weighted by atomic mass is 35.5. The fourth-order valence-electron chi connectivity index (χ4n) is 0.894. The number of nitrogens with two attached hydrogens (primary N) is 1. The molecular weight excluding hydrogens is 190 g/mol. The summed E-state index contributed by atoms with van der Waals surface area (Å²) in [6, 6.07) is 5.25. The lowest BCUT2D eigenvalue weighted by Crippen LogP contribution is -2.10. The molecule has 0 aromatic heterocycles. The number of rotatable bonds is 4. The van der Waals surface area contributed by atoms with Gasteiger partial charge in [-0.2, -0.15) is 0 Å². The standard InChI is InChI=1S/C9H12ClNO2/c1-12-7-2-3-9(8(10)6-7)13-5-4-11/h2-3,6H,4-5,11H2,1H3. The first-order chi connectivity index (χ1) is 6.27. The van der Waals surface area contributed by atoms with Crippen LogP contribution < -0.4 is 15.2 Å². The molecule has 2 N–H and O–H groups in total. The largest absolute Gasteiger partial charge is 0.497 e. The minimum atomic E-state index is 0.464. The summed E-state index contributed by atoms with van der Waals surface area (Å²) in [5.41, 5.74) is 5.29. The fourth-order valence-corrected chi connectivity index (χ4v) is 1.12. The Kier molecular flexibility index (Phi) is 3.86. The summed E-state index contributed by atoms with van der Waals surface area (Å²) in [5, 5.41) is 0.535. The summed E-state index contributed by atoms with van der Waals surface area (Å²) in [4.78, 5) is 0. The van der Waals surface area contributed by atoms with Gasteiger partial charge in [-0.05, 0) is 12.1 Å². The van der Waals surface area contributed by atoms with Gasteiger partial charge in [0.25, 0.3) is 0 Å². The molecular formula is C9H12ClNO2. The van der Waals surface area contributed by atoms with Crippen LogP contribution in [0, 0.1) is 0 Å². The van der Waals surface area contributed by atoms with Crippen LogP contribution >= 0.6 is 11.6 Å². The van der Waals surface area contributed by atoms with Crippen LogP contribution in [0.5, 0.6) is 11.5 Å². The second-order valence-corrected chi connectivity index (χ2v) is 2.84.